The van der Waals surface area contributed by atoms with Crippen molar-refractivity contribution in [2.75, 3.05) is 0 Å². The van der Waals surface area contributed by atoms with Crippen LogP contribution < -0.4 is 0 Å². The van der Waals surface area contributed by atoms with E-state index >= 15 is 0 Å². The number of fused-ring (bicyclic) bond motifs is 1. The third kappa shape index (κ3) is 1.16. The van der Waals surface area contributed by atoms with Crippen LogP contribution in [0.3, 0.4) is 0 Å². The van der Waals surface area contributed by atoms with Gasteiger partial charge in [-0.05, 0) is 11.4 Å². The first-order valence-electron chi connectivity index (χ1n) is 2.67. The SMILES string of the molecule is Cc1nc2ccsc2o1.[Pt]. The number of thiophene rings is 1. The number of hydrogen-bond donors (Lipinski definition) is 0. The van der Waals surface area contributed by atoms with Gasteiger partial charge in [-0.25, -0.2) is 4.98 Å². The van der Waals surface area contributed by atoms with E-state index < -0.39 is 0 Å². The normalized spacial score (nSPS) is 9.70. The number of oxazole rings is 1. The minimum atomic E-state index is 0. The Bertz CT molecular complexity index is 298. The molecule has 0 aliphatic carbocycles. The van der Waals surface area contributed by atoms with Crippen LogP contribution in [0.25, 0.3) is 10.4 Å². The molecule has 2 heterocycles. The molecule has 0 spiro atoms. The Balaban J connectivity index is 0.000000500. The van der Waals surface area contributed by atoms with Crippen LogP contribution in [0.4, 0.5) is 0 Å². The largest absolute Gasteiger partial charge is 0.430 e. The van der Waals surface area contributed by atoms with Crippen molar-refractivity contribution >= 4 is 21.8 Å². The summed E-state index contributed by atoms with van der Waals surface area (Å²) in [5.74, 6) is 0.747. The van der Waals surface area contributed by atoms with Crippen LogP contribution in [0.2, 0.25) is 0 Å². The van der Waals surface area contributed by atoms with Crippen LogP contribution in [0.15, 0.2) is 15.9 Å². The molecule has 0 saturated heterocycles. The Labute approximate surface area is 76.5 Å². The number of nitrogens with zero attached hydrogens (tertiary/aromatic N) is 1. The Morgan fingerprint density at radius 2 is 2.40 bits per heavy atom. The van der Waals surface area contributed by atoms with Crippen LogP contribution in [-0.4, -0.2) is 4.98 Å². The van der Waals surface area contributed by atoms with E-state index in [-0.39, 0.29) is 21.1 Å². The molecule has 4 heteroatoms. The molecule has 0 radical (unpaired) electrons. The second-order valence-corrected chi connectivity index (χ2v) is 2.70. The second-order valence-electron chi connectivity index (χ2n) is 1.83. The predicted octanol–water partition coefficient (Wildman–Crippen LogP) is 2.20. The second kappa shape index (κ2) is 2.85. The fraction of sp³-hybridized carbons (Fsp3) is 0.167. The molecule has 2 rings (SSSR count). The van der Waals surface area contributed by atoms with E-state index in [9.17, 15) is 0 Å². The quantitative estimate of drug-likeness (QED) is 0.738. The van der Waals surface area contributed by atoms with Gasteiger partial charge in [0.25, 0.3) is 0 Å². The molecular formula is C6H5NOPtS. The first-order valence-corrected chi connectivity index (χ1v) is 3.55. The average Bonchev–Trinajstić information content (AvgIpc) is 2.22. The van der Waals surface area contributed by atoms with Crippen molar-refractivity contribution in [2.45, 2.75) is 6.92 Å². The molecule has 0 amide bonds. The van der Waals surface area contributed by atoms with Gasteiger partial charge in [0.05, 0.1) is 0 Å². The van der Waals surface area contributed by atoms with Crippen LogP contribution in [0, 0.1) is 6.92 Å². The van der Waals surface area contributed by atoms with Crippen LogP contribution in [-0.2, 0) is 21.1 Å². The Morgan fingerprint density at radius 1 is 1.60 bits per heavy atom. The molecule has 0 atom stereocenters. The molecule has 10 heavy (non-hydrogen) atoms. The molecule has 2 aromatic heterocycles. The van der Waals surface area contributed by atoms with Gasteiger partial charge in [-0.1, -0.05) is 0 Å². The van der Waals surface area contributed by atoms with E-state index in [1.54, 1.807) is 11.3 Å². The summed E-state index contributed by atoms with van der Waals surface area (Å²) in [5.41, 5.74) is 0.970. The zero-order chi connectivity index (χ0) is 6.27. The van der Waals surface area contributed by atoms with Crippen LogP contribution >= 0.6 is 11.3 Å². The monoisotopic (exact) mass is 334 g/mol. The number of aromatic nitrogens is 1. The zero-order valence-electron chi connectivity index (χ0n) is 5.23. The molecule has 0 fully saturated rings. The zero-order valence-corrected chi connectivity index (χ0v) is 8.32. The maximum atomic E-state index is 5.22. The third-order valence-corrected chi connectivity index (χ3v) is 1.91. The topological polar surface area (TPSA) is 26.0 Å². The molecule has 0 saturated carbocycles. The molecule has 0 aliphatic rings. The predicted molar refractivity (Wildman–Crippen MR) is 36.6 cm³/mol. The fourth-order valence-corrected chi connectivity index (χ4v) is 1.50. The molecule has 0 unspecified atom stereocenters. The van der Waals surface area contributed by atoms with Gasteiger partial charge in [0.2, 0.25) is 4.90 Å². The maximum Gasteiger partial charge on any atom is 0.208 e. The first-order chi connectivity index (χ1) is 4.36. The summed E-state index contributed by atoms with van der Waals surface area (Å²) in [4.78, 5) is 5.04. The van der Waals surface area contributed by atoms with Crippen molar-refractivity contribution in [3.05, 3.63) is 17.3 Å². The van der Waals surface area contributed by atoms with Gasteiger partial charge in [-0.15, -0.1) is 11.3 Å². The number of rotatable bonds is 0. The van der Waals surface area contributed by atoms with Gasteiger partial charge >= 0.3 is 0 Å². The van der Waals surface area contributed by atoms with Crippen molar-refractivity contribution in [1.82, 2.24) is 4.98 Å². The van der Waals surface area contributed by atoms with Gasteiger partial charge in [-0.3, -0.25) is 0 Å². The molecule has 2 aromatic rings. The summed E-state index contributed by atoms with van der Waals surface area (Å²) >= 11 is 1.58. The molecule has 0 aliphatic heterocycles. The molecule has 0 bridgehead atoms. The summed E-state index contributed by atoms with van der Waals surface area (Å²) in [6.45, 7) is 1.85. The van der Waals surface area contributed by atoms with E-state index in [0.29, 0.717) is 0 Å². The summed E-state index contributed by atoms with van der Waals surface area (Å²) < 4.78 is 5.22. The third-order valence-electron chi connectivity index (χ3n) is 1.13. The minimum absolute atomic E-state index is 0. The summed E-state index contributed by atoms with van der Waals surface area (Å²) in [5, 5.41) is 1.97. The van der Waals surface area contributed by atoms with Gasteiger partial charge in [0, 0.05) is 28.0 Å². The maximum absolute atomic E-state index is 5.22. The van der Waals surface area contributed by atoms with Crippen molar-refractivity contribution in [3.8, 4) is 0 Å². The van der Waals surface area contributed by atoms with Crippen molar-refractivity contribution in [3.63, 3.8) is 0 Å². The van der Waals surface area contributed by atoms with Crippen LogP contribution in [0.5, 0.6) is 0 Å². The molecule has 2 nitrogen and oxygen atoms in total. The molecule has 0 aromatic carbocycles. The standard InChI is InChI=1S/C6H5NOS.Pt/c1-4-7-5-2-3-9-6(5)8-4;/h2-3H,1H3;. The van der Waals surface area contributed by atoms with Gasteiger partial charge in [-0.2, -0.15) is 0 Å². The molecule has 56 valence electrons. The Kier molecular flexibility index (Phi) is 2.27. The summed E-state index contributed by atoms with van der Waals surface area (Å²) in [6, 6.07) is 1.95. The van der Waals surface area contributed by atoms with E-state index in [1.807, 2.05) is 18.4 Å². The average molecular weight is 334 g/mol. The minimum Gasteiger partial charge on any atom is -0.430 e. The van der Waals surface area contributed by atoms with Gasteiger partial charge in [0.1, 0.15) is 5.52 Å². The Hall–Kier alpha value is -0.142. The first kappa shape index (κ1) is 7.96. The van der Waals surface area contributed by atoms with Gasteiger partial charge in [0.15, 0.2) is 5.89 Å². The fourth-order valence-electron chi connectivity index (χ4n) is 0.775. The van der Waals surface area contributed by atoms with Crippen LogP contribution in [0.1, 0.15) is 5.89 Å². The summed E-state index contributed by atoms with van der Waals surface area (Å²) in [7, 11) is 0. The van der Waals surface area contributed by atoms with Crippen molar-refractivity contribution in [1.29, 1.82) is 0 Å². The van der Waals surface area contributed by atoms with E-state index in [1.165, 1.54) is 0 Å². The van der Waals surface area contributed by atoms with Crippen molar-refractivity contribution < 1.29 is 25.5 Å². The van der Waals surface area contributed by atoms with Crippen molar-refractivity contribution in [2.24, 2.45) is 0 Å². The van der Waals surface area contributed by atoms with Gasteiger partial charge < -0.3 is 4.42 Å². The summed E-state index contributed by atoms with van der Waals surface area (Å²) in [6.07, 6.45) is 0. The smallest absolute Gasteiger partial charge is 0.208 e. The van der Waals surface area contributed by atoms with E-state index in [0.717, 1.165) is 16.3 Å². The molecular weight excluding hydrogens is 329 g/mol. The van der Waals surface area contributed by atoms with E-state index in [2.05, 4.69) is 4.98 Å². The number of aryl methyl sites for hydroxylation is 1. The number of hydrogen-bond acceptors (Lipinski definition) is 3. The van der Waals surface area contributed by atoms with E-state index in [4.69, 9.17) is 4.42 Å². The molecule has 0 N–H and O–H groups in total. The Morgan fingerprint density at radius 3 is 3.10 bits per heavy atom.